The van der Waals surface area contributed by atoms with Gasteiger partial charge in [0.25, 0.3) is 5.91 Å². The number of fused-ring (bicyclic) bond motifs is 1. The maximum atomic E-state index is 13.3. The summed E-state index contributed by atoms with van der Waals surface area (Å²) in [6.07, 6.45) is 10.3. The molecule has 2 fully saturated rings. The Labute approximate surface area is 221 Å². The number of carbonyl (C=O) groups is 1. The molecule has 6 rings (SSSR count). The number of likely N-dealkylation sites (tertiary alicyclic amines) is 1. The minimum absolute atomic E-state index is 0.0275. The monoisotopic (exact) mass is 516 g/mol. The van der Waals surface area contributed by atoms with Crippen molar-refractivity contribution in [2.75, 3.05) is 13.1 Å². The number of aryl methyl sites for hydroxylation is 1. The third kappa shape index (κ3) is 4.78. The Morgan fingerprint density at radius 2 is 1.89 bits per heavy atom. The zero-order chi connectivity index (χ0) is 25.7. The van der Waals surface area contributed by atoms with E-state index in [1.165, 1.54) is 29.8 Å². The Kier molecular flexibility index (Phi) is 6.07. The summed E-state index contributed by atoms with van der Waals surface area (Å²) in [5, 5.41) is 0.671. The minimum Gasteiger partial charge on any atom is -0.474 e. The molecule has 4 heterocycles. The highest BCUT2D eigenvalue weighted by Crippen LogP contribution is 2.48. The number of nitrogens with two attached hydrogens (primary N) is 1. The molecule has 0 spiro atoms. The fourth-order valence-corrected chi connectivity index (χ4v) is 6.35. The molecule has 1 amide bonds. The van der Waals surface area contributed by atoms with Crippen molar-refractivity contribution in [3.8, 4) is 16.7 Å². The molecule has 3 atom stereocenters. The van der Waals surface area contributed by atoms with Crippen LogP contribution in [0, 0.1) is 18.8 Å². The van der Waals surface area contributed by atoms with Crippen molar-refractivity contribution in [3.63, 3.8) is 0 Å². The summed E-state index contributed by atoms with van der Waals surface area (Å²) in [7, 11) is 0. The van der Waals surface area contributed by atoms with E-state index < -0.39 is 5.54 Å². The number of aromatic nitrogens is 4. The lowest BCUT2D eigenvalue weighted by atomic mass is 9.92. The standard InChI is InChI=1S/C28H32N6O2S/c1-16-24(37-26(32-16)25-30-10-7-11-31-25)27(35)34-14-19-20(15-34)23(19)36-22-13-18(28(2,3)29)12-21(33-22)17-8-5-4-6-9-17/h7-8,10-13,19-20,23H,4-6,9,14-15,29H2,1-3H3/t19-,20+,23?. The molecule has 1 saturated carbocycles. The summed E-state index contributed by atoms with van der Waals surface area (Å²) >= 11 is 1.36. The van der Waals surface area contributed by atoms with E-state index in [9.17, 15) is 4.79 Å². The maximum absolute atomic E-state index is 13.3. The summed E-state index contributed by atoms with van der Waals surface area (Å²) in [6.45, 7) is 7.26. The van der Waals surface area contributed by atoms with Crippen LogP contribution in [0.25, 0.3) is 16.4 Å². The van der Waals surface area contributed by atoms with Crippen molar-refractivity contribution in [2.45, 2.75) is 58.1 Å². The molecule has 3 aromatic heterocycles. The highest BCUT2D eigenvalue weighted by molar-refractivity contribution is 7.17. The van der Waals surface area contributed by atoms with Crippen LogP contribution in [0.1, 0.15) is 66.2 Å². The van der Waals surface area contributed by atoms with E-state index in [-0.39, 0.29) is 12.0 Å². The second-order valence-electron chi connectivity index (χ2n) is 10.9. The Balaban J connectivity index is 1.14. The minimum atomic E-state index is -0.482. The van der Waals surface area contributed by atoms with Gasteiger partial charge in [-0.05, 0) is 69.7 Å². The Morgan fingerprint density at radius 1 is 1.14 bits per heavy atom. The first-order chi connectivity index (χ1) is 17.8. The molecule has 3 aromatic rings. The molecule has 2 aliphatic carbocycles. The van der Waals surface area contributed by atoms with E-state index in [4.69, 9.17) is 15.5 Å². The van der Waals surface area contributed by atoms with Crippen LogP contribution >= 0.6 is 11.3 Å². The maximum Gasteiger partial charge on any atom is 0.265 e. The van der Waals surface area contributed by atoms with Gasteiger partial charge in [0.05, 0.1) is 11.4 Å². The zero-order valence-electron chi connectivity index (χ0n) is 21.5. The molecule has 37 heavy (non-hydrogen) atoms. The molecule has 0 bridgehead atoms. The van der Waals surface area contributed by atoms with Gasteiger partial charge in [-0.1, -0.05) is 6.08 Å². The lowest BCUT2D eigenvalue weighted by molar-refractivity contribution is 0.0755. The molecule has 1 aliphatic heterocycles. The summed E-state index contributed by atoms with van der Waals surface area (Å²) < 4.78 is 6.42. The van der Waals surface area contributed by atoms with Crippen molar-refractivity contribution in [3.05, 3.63) is 58.5 Å². The van der Waals surface area contributed by atoms with Crippen molar-refractivity contribution in [2.24, 2.45) is 17.6 Å². The molecule has 3 aliphatic rings. The average Bonchev–Trinajstić information content (AvgIpc) is 3.22. The largest absolute Gasteiger partial charge is 0.474 e. The Morgan fingerprint density at radius 3 is 2.57 bits per heavy atom. The zero-order valence-corrected chi connectivity index (χ0v) is 22.3. The summed E-state index contributed by atoms with van der Waals surface area (Å²) in [4.78, 5) is 33.8. The van der Waals surface area contributed by atoms with E-state index >= 15 is 0 Å². The first-order valence-electron chi connectivity index (χ1n) is 13.0. The lowest BCUT2D eigenvalue weighted by Gasteiger charge is -2.23. The van der Waals surface area contributed by atoms with Crippen molar-refractivity contribution < 1.29 is 9.53 Å². The number of hydrogen-bond acceptors (Lipinski definition) is 8. The van der Waals surface area contributed by atoms with Gasteiger partial charge in [0.1, 0.15) is 11.0 Å². The molecule has 0 aromatic carbocycles. The third-order valence-corrected chi connectivity index (χ3v) is 8.71. The van der Waals surface area contributed by atoms with Crippen LogP contribution in [0.4, 0.5) is 0 Å². The van der Waals surface area contributed by atoms with E-state index in [2.05, 4.69) is 27.1 Å². The number of pyridine rings is 1. The van der Waals surface area contributed by atoms with Crippen molar-refractivity contribution >= 4 is 22.8 Å². The summed E-state index contributed by atoms with van der Waals surface area (Å²) in [5.74, 6) is 1.86. The van der Waals surface area contributed by atoms with Crippen LogP contribution < -0.4 is 10.5 Å². The molecule has 9 heteroatoms. The van der Waals surface area contributed by atoms with Crippen LogP contribution in [0.3, 0.4) is 0 Å². The predicted molar refractivity (Wildman–Crippen MR) is 143 cm³/mol. The van der Waals surface area contributed by atoms with Crippen molar-refractivity contribution in [1.29, 1.82) is 0 Å². The van der Waals surface area contributed by atoms with Crippen molar-refractivity contribution in [1.82, 2.24) is 24.8 Å². The van der Waals surface area contributed by atoms with Crippen LogP contribution in [0.5, 0.6) is 5.88 Å². The van der Waals surface area contributed by atoms with Crippen LogP contribution in [0.15, 0.2) is 36.7 Å². The van der Waals surface area contributed by atoms with Crippen LogP contribution in [0.2, 0.25) is 0 Å². The van der Waals surface area contributed by atoms with Gasteiger partial charge in [-0.2, -0.15) is 0 Å². The molecule has 8 nitrogen and oxygen atoms in total. The number of amides is 1. The molecular formula is C28H32N6O2S. The fraction of sp³-hybridized carbons (Fsp3) is 0.464. The molecule has 0 radical (unpaired) electrons. The van der Waals surface area contributed by atoms with Crippen LogP contribution in [-0.4, -0.2) is 49.9 Å². The van der Waals surface area contributed by atoms with E-state index in [1.54, 1.807) is 18.5 Å². The van der Waals surface area contributed by atoms with Gasteiger partial charge in [-0.15, -0.1) is 11.3 Å². The number of allylic oxidation sites excluding steroid dienone is 2. The van der Waals surface area contributed by atoms with Gasteiger partial charge in [0.15, 0.2) is 10.8 Å². The van der Waals surface area contributed by atoms with Gasteiger partial charge in [-0.25, -0.2) is 19.9 Å². The van der Waals surface area contributed by atoms with Gasteiger partial charge in [-0.3, -0.25) is 4.79 Å². The number of ether oxygens (including phenoxy) is 1. The smallest absolute Gasteiger partial charge is 0.265 e. The normalized spacial score (nSPS) is 23.0. The van der Waals surface area contributed by atoms with E-state index in [1.807, 2.05) is 31.7 Å². The van der Waals surface area contributed by atoms with Crippen LogP contribution in [-0.2, 0) is 5.54 Å². The first kappa shape index (κ1) is 24.2. The summed E-state index contributed by atoms with van der Waals surface area (Å²) in [5.41, 5.74) is 10.00. The number of hydrogen-bond donors (Lipinski definition) is 1. The third-order valence-electron chi connectivity index (χ3n) is 7.57. The second kappa shape index (κ2) is 9.29. The predicted octanol–water partition coefficient (Wildman–Crippen LogP) is 4.60. The highest BCUT2D eigenvalue weighted by atomic mass is 32.1. The van der Waals surface area contributed by atoms with Gasteiger partial charge < -0.3 is 15.4 Å². The van der Waals surface area contributed by atoms with Gasteiger partial charge in [0, 0.05) is 48.9 Å². The SMILES string of the molecule is Cc1nc(-c2ncccn2)sc1C(=O)N1C[C@@H]2C(Oc3cc(C(C)(C)N)cc(C4=CCCCC4)n3)[C@@H]2C1. The molecular weight excluding hydrogens is 484 g/mol. The molecule has 1 unspecified atom stereocenters. The molecule has 1 saturated heterocycles. The highest BCUT2D eigenvalue weighted by Gasteiger charge is 2.59. The lowest BCUT2D eigenvalue weighted by Crippen LogP contribution is -2.33. The Hall–Kier alpha value is -3.17. The second-order valence-corrected chi connectivity index (χ2v) is 11.9. The number of thiazole rings is 1. The fourth-order valence-electron chi connectivity index (χ4n) is 5.37. The summed E-state index contributed by atoms with van der Waals surface area (Å²) in [6, 6.07) is 5.86. The molecule has 2 N–H and O–H groups in total. The quantitative estimate of drug-likeness (QED) is 0.510. The van der Waals surface area contributed by atoms with E-state index in [0.29, 0.717) is 46.5 Å². The number of piperidine rings is 1. The first-order valence-corrected chi connectivity index (χ1v) is 13.8. The number of carbonyl (C=O) groups excluding carboxylic acids is 1. The topological polar surface area (TPSA) is 107 Å². The Bertz CT molecular complexity index is 1350. The number of nitrogens with zero attached hydrogens (tertiary/aromatic N) is 5. The van der Waals surface area contributed by atoms with E-state index in [0.717, 1.165) is 29.8 Å². The average molecular weight is 517 g/mol. The van der Waals surface area contributed by atoms with Gasteiger partial charge >= 0.3 is 0 Å². The van der Waals surface area contributed by atoms with Gasteiger partial charge in [0.2, 0.25) is 5.88 Å². The number of rotatable bonds is 6. The molecule has 192 valence electrons.